The summed E-state index contributed by atoms with van der Waals surface area (Å²) < 4.78 is 0. The van der Waals surface area contributed by atoms with Gasteiger partial charge < -0.3 is 26.8 Å². The highest BCUT2D eigenvalue weighted by Crippen LogP contribution is 2.27. The van der Waals surface area contributed by atoms with Crippen LogP contribution in [0.4, 0.5) is 11.8 Å². The molecular formula is C19H30N6O3. The smallest absolute Gasteiger partial charge is 0.254 e. The lowest BCUT2D eigenvalue weighted by molar-refractivity contribution is -0.125. The van der Waals surface area contributed by atoms with Crippen molar-refractivity contribution in [2.75, 3.05) is 17.7 Å². The summed E-state index contributed by atoms with van der Waals surface area (Å²) in [5, 5.41) is 19.2. The van der Waals surface area contributed by atoms with Gasteiger partial charge in [0.05, 0.1) is 11.7 Å². The Hall–Kier alpha value is -2.42. The van der Waals surface area contributed by atoms with E-state index in [4.69, 9.17) is 5.73 Å². The van der Waals surface area contributed by atoms with Gasteiger partial charge in [-0.1, -0.05) is 0 Å². The molecule has 0 aromatic carbocycles. The lowest BCUT2D eigenvalue weighted by Crippen LogP contribution is -2.34. The second kappa shape index (κ2) is 9.18. The molecule has 2 aliphatic rings. The molecule has 0 radical (unpaired) electrons. The Morgan fingerprint density at radius 3 is 2.50 bits per heavy atom. The Balaban J connectivity index is 1.65. The fraction of sp³-hybridized carbons (Fsp3) is 0.684. The topological polar surface area (TPSA) is 142 Å². The van der Waals surface area contributed by atoms with Crippen molar-refractivity contribution in [1.29, 1.82) is 0 Å². The second-order valence-electron chi connectivity index (χ2n) is 7.79. The van der Waals surface area contributed by atoms with E-state index in [1.165, 1.54) is 6.20 Å². The van der Waals surface area contributed by atoms with Crippen LogP contribution in [0.2, 0.25) is 0 Å². The van der Waals surface area contributed by atoms with Crippen LogP contribution in [-0.2, 0) is 4.79 Å². The van der Waals surface area contributed by atoms with Crippen LogP contribution < -0.4 is 21.7 Å². The minimum atomic E-state index is -0.587. The summed E-state index contributed by atoms with van der Waals surface area (Å²) in [4.78, 5) is 32.2. The number of nitrogens with zero attached hydrogens (tertiary/aromatic N) is 2. The molecule has 28 heavy (non-hydrogen) atoms. The molecule has 2 fully saturated rings. The molecule has 0 aliphatic heterocycles. The van der Waals surface area contributed by atoms with Crippen LogP contribution in [0, 0.1) is 5.92 Å². The van der Waals surface area contributed by atoms with Gasteiger partial charge in [0.2, 0.25) is 11.9 Å². The largest absolute Gasteiger partial charge is 0.393 e. The first-order chi connectivity index (χ1) is 13.5. The van der Waals surface area contributed by atoms with Crippen LogP contribution in [0.25, 0.3) is 0 Å². The van der Waals surface area contributed by atoms with Crippen LogP contribution in [0.1, 0.15) is 61.7 Å². The molecule has 2 amide bonds. The molecule has 2 aliphatic carbocycles. The standard InChI is InChI=1S/C19H30N6O3/c1-21-18(28)11-5-7-12(8-6-11)24-19-22-10-15(16(20)27)17(25-19)23-13-3-2-4-14(26)9-13/h10-14,26H,2-9H2,1H3,(H2,20,27)(H,21,28)(H2,22,23,24,25)/t11?,12?,13?,14-/m0/s1. The average molecular weight is 390 g/mol. The summed E-state index contributed by atoms with van der Waals surface area (Å²) in [6, 6.07) is 0.234. The van der Waals surface area contributed by atoms with Gasteiger partial charge in [-0.2, -0.15) is 4.98 Å². The summed E-state index contributed by atoms with van der Waals surface area (Å²) in [5.74, 6) is 0.421. The number of aliphatic hydroxyl groups excluding tert-OH is 1. The Bertz CT molecular complexity index is 705. The summed E-state index contributed by atoms with van der Waals surface area (Å²) in [7, 11) is 1.67. The van der Waals surface area contributed by atoms with Crippen molar-refractivity contribution in [1.82, 2.24) is 15.3 Å². The lowest BCUT2D eigenvalue weighted by Gasteiger charge is -2.29. The highest BCUT2D eigenvalue weighted by atomic mass is 16.3. The van der Waals surface area contributed by atoms with E-state index in [-0.39, 0.29) is 35.6 Å². The zero-order valence-corrected chi connectivity index (χ0v) is 16.3. The minimum Gasteiger partial charge on any atom is -0.393 e. The maximum atomic E-state index is 11.8. The third-order valence-corrected chi connectivity index (χ3v) is 5.72. The molecule has 0 bridgehead atoms. The molecule has 2 atom stereocenters. The van der Waals surface area contributed by atoms with Gasteiger partial charge in [0.1, 0.15) is 5.82 Å². The van der Waals surface area contributed by atoms with E-state index < -0.39 is 5.91 Å². The minimum absolute atomic E-state index is 0.0487. The number of aromatic nitrogens is 2. The van der Waals surface area contributed by atoms with E-state index in [0.29, 0.717) is 18.2 Å². The number of nitrogens with two attached hydrogens (primary N) is 1. The summed E-state index contributed by atoms with van der Waals surface area (Å²) in [6.07, 6.45) is 7.72. The van der Waals surface area contributed by atoms with Gasteiger partial charge in [0.25, 0.3) is 5.91 Å². The number of nitrogens with one attached hydrogen (secondary N) is 3. The van der Waals surface area contributed by atoms with Crippen molar-refractivity contribution >= 4 is 23.6 Å². The molecule has 0 spiro atoms. The van der Waals surface area contributed by atoms with Crippen LogP contribution >= 0.6 is 0 Å². The zero-order chi connectivity index (χ0) is 20.1. The van der Waals surface area contributed by atoms with Gasteiger partial charge >= 0.3 is 0 Å². The van der Waals surface area contributed by atoms with Crippen LogP contribution in [0.15, 0.2) is 6.20 Å². The lowest BCUT2D eigenvalue weighted by atomic mass is 9.85. The van der Waals surface area contributed by atoms with E-state index in [2.05, 4.69) is 25.9 Å². The number of hydrogen-bond acceptors (Lipinski definition) is 7. The predicted molar refractivity (Wildman–Crippen MR) is 106 cm³/mol. The quantitative estimate of drug-likeness (QED) is 0.488. The Morgan fingerprint density at radius 2 is 1.86 bits per heavy atom. The number of hydrogen-bond donors (Lipinski definition) is 5. The van der Waals surface area contributed by atoms with Gasteiger partial charge in [0.15, 0.2) is 0 Å². The fourth-order valence-electron chi connectivity index (χ4n) is 4.12. The molecule has 154 valence electrons. The molecule has 1 unspecified atom stereocenters. The molecule has 1 aromatic heterocycles. The van der Waals surface area contributed by atoms with Gasteiger partial charge in [-0.15, -0.1) is 0 Å². The van der Waals surface area contributed by atoms with E-state index in [0.717, 1.165) is 44.9 Å². The monoisotopic (exact) mass is 390 g/mol. The first-order valence-electron chi connectivity index (χ1n) is 10.1. The van der Waals surface area contributed by atoms with Crippen molar-refractivity contribution < 1.29 is 14.7 Å². The first kappa shape index (κ1) is 20.3. The molecule has 2 saturated carbocycles. The molecule has 9 heteroatoms. The maximum Gasteiger partial charge on any atom is 0.254 e. The zero-order valence-electron chi connectivity index (χ0n) is 16.3. The summed E-state index contributed by atoms with van der Waals surface area (Å²) in [6.45, 7) is 0. The van der Waals surface area contributed by atoms with E-state index in [9.17, 15) is 14.7 Å². The third-order valence-electron chi connectivity index (χ3n) is 5.72. The number of amides is 2. The van der Waals surface area contributed by atoms with E-state index in [1.807, 2.05) is 0 Å². The van der Waals surface area contributed by atoms with Crippen molar-refractivity contribution in [2.24, 2.45) is 11.7 Å². The molecule has 6 N–H and O–H groups in total. The van der Waals surface area contributed by atoms with Crippen molar-refractivity contribution in [3.05, 3.63) is 11.8 Å². The summed E-state index contributed by atoms with van der Waals surface area (Å²) >= 11 is 0. The number of aliphatic hydroxyl groups is 1. The fourth-order valence-corrected chi connectivity index (χ4v) is 4.12. The van der Waals surface area contributed by atoms with Gasteiger partial charge in [-0.3, -0.25) is 9.59 Å². The number of carbonyl (C=O) groups is 2. The van der Waals surface area contributed by atoms with E-state index in [1.54, 1.807) is 7.05 Å². The SMILES string of the molecule is CNC(=O)C1CCC(Nc2ncc(C(N)=O)c(NC3CCC[C@H](O)C3)n2)CC1. The normalized spacial score (nSPS) is 27.6. The van der Waals surface area contributed by atoms with Crippen LogP contribution in [0.3, 0.4) is 0 Å². The van der Waals surface area contributed by atoms with Crippen molar-refractivity contribution in [3.63, 3.8) is 0 Å². The number of anilines is 2. The van der Waals surface area contributed by atoms with Crippen LogP contribution in [-0.4, -0.2) is 52.1 Å². The number of carbonyl (C=O) groups excluding carboxylic acids is 2. The molecule has 0 saturated heterocycles. The number of primary amides is 1. The number of rotatable bonds is 6. The summed E-state index contributed by atoms with van der Waals surface area (Å²) in [5.41, 5.74) is 5.72. The predicted octanol–water partition coefficient (Wildman–Crippen LogP) is 1.01. The van der Waals surface area contributed by atoms with Gasteiger partial charge in [-0.25, -0.2) is 4.98 Å². The molecule has 1 aromatic rings. The highest BCUT2D eigenvalue weighted by Gasteiger charge is 2.27. The third kappa shape index (κ3) is 5.09. The molecular weight excluding hydrogens is 360 g/mol. The molecule has 1 heterocycles. The highest BCUT2D eigenvalue weighted by molar-refractivity contribution is 5.97. The Kier molecular flexibility index (Phi) is 6.66. The average Bonchev–Trinajstić information content (AvgIpc) is 2.68. The van der Waals surface area contributed by atoms with Crippen molar-refractivity contribution in [3.8, 4) is 0 Å². The van der Waals surface area contributed by atoms with Gasteiger partial charge in [0, 0.05) is 31.2 Å². The first-order valence-corrected chi connectivity index (χ1v) is 10.1. The van der Waals surface area contributed by atoms with E-state index >= 15 is 0 Å². The molecule has 3 rings (SSSR count). The Labute approximate surface area is 164 Å². The second-order valence-corrected chi connectivity index (χ2v) is 7.79. The van der Waals surface area contributed by atoms with Crippen molar-refractivity contribution in [2.45, 2.75) is 69.6 Å². The van der Waals surface area contributed by atoms with Gasteiger partial charge in [-0.05, 0) is 51.4 Å². The van der Waals surface area contributed by atoms with Crippen LogP contribution in [0.5, 0.6) is 0 Å². The maximum absolute atomic E-state index is 11.8. The molecule has 9 nitrogen and oxygen atoms in total. The Morgan fingerprint density at radius 1 is 1.11 bits per heavy atom.